The summed E-state index contributed by atoms with van der Waals surface area (Å²) in [5.41, 5.74) is 3.85. The van der Waals surface area contributed by atoms with Gasteiger partial charge in [-0.05, 0) is 32.0 Å². The molecule has 33 heavy (non-hydrogen) atoms. The fourth-order valence-electron chi connectivity index (χ4n) is 4.24. The number of ether oxygens (including phenoxy) is 3. The highest BCUT2D eigenvalue weighted by molar-refractivity contribution is 9.10. The number of Topliss-reactive ketones (excluding diaryl/α,β-unsaturated/α-hetero) is 1. The summed E-state index contributed by atoms with van der Waals surface area (Å²) < 4.78 is 16.6. The van der Waals surface area contributed by atoms with Crippen molar-refractivity contribution in [2.24, 2.45) is 0 Å². The van der Waals surface area contributed by atoms with Gasteiger partial charge in [0.1, 0.15) is 5.75 Å². The van der Waals surface area contributed by atoms with E-state index in [1.807, 2.05) is 12.1 Å². The van der Waals surface area contributed by atoms with E-state index in [-0.39, 0.29) is 19.0 Å². The first-order chi connectivity index (χ1) is 15.9. The van der Waals surface area contributed by atoms with Crippen LogP contribution in [0.1, 0.15) is 41.3 Å². The Kier molecular flexibility index (Phi) is 6.37. The van der Waals surface area contributed by atoms with Crippen LogP contribution in [0.5, 0.6) is 5.75 Å². The Bertz CT molecular complexity index is 1230. The third-order valence-corrected chi connectivity index (χ3v) is 6.08. The van der Waals surface area contributed by atoms with Gasteiger partial charge in [-0.1, -0.05) is 40.2 Å². The summed E-state index contributed by atoms with van der Waals surface area (Å²) in [6.45, 7) is 3.42. The summed E-state index contributed by atoms with van der Waals surface area (Å²) in [6, 6.07) is 12.5. The molecule has 0 aromatic heterocycles. The summed E-state index contributed by atoms with van der Waals surface area (Å²) in [7, 11) is 1.30. The van der Waals surface area contributed by atoms with Crippen LogP contribution in [0, 0.1) is 0 Å². The predicted molar refractivity (Wildman–Crippen MR) is 125 cm³/mol. The number of carbonyl (C=O) groups is 3. The minimum Gasteiger partial charge on any atom is -0.482 e. The van der Waals surface area contributed by atoms with Gasteiger partial charge < -0.3 is 19.5 Å². The van der Waals surface area contributed by atoms with E-state index in [9.17, 15) is 14.4 Å². The second-order valence-corrected chi connectivity index (χ2v) is 8.44. The van der Waals surface area contributed by atoms with Gasteiger partial charge in [0.05, 0.1) is 30.9 Å². The first kappa shape index (κ1) is 22.8. The number of dihydropyridines is 1. The number of methoxy groups -OCH3 is 1. The minimum atomic E-state index is -0.761. The van der Waals surface area contributed by atoms with Crippen LogP contribution in [0.4, 0.5) is 0 Å². The van der Waals surface area contributed by atoms with E-state index in [4.69, 9.17) is 14.2 Å². The van der Waals surface area contributed by atoms with Crippen LogP contribution >= 0.6 is 15.9 Å². The molecule has 2 aromatic rings. The first-order valence-corrected chi connectivity index (χ1v) is 11.2. The molecule has 2 aliphatic rings. The van der Waals surface area contributed by atoms with Crippen LogP contribution in [0.25, 0.3) is 5.70 Å². The molecule has 0 radical (unpaired) electrons. The number of benzene rings is 2. The van der Waals surface area contributed by atoms with Crippen molar-refractivity contribution < 1.29 is 28.6 Å². The highest BCUT2D eigenvalue weighted by Gasteiger charge is 2.43. The van der Waals surface area contributed by atoms with Crippen LogP contribution in [0.2, 0.25) is 0 Å². The Hall–Kier alpha value is -3.39. The number of carbonyl (C=O) groups excluding carboxylic acids is 3. The van der Waals surface area contributed by atoms with E-state index in [0.29, 0.717) is 39.4 Å². The van der Waals surface area contributed by atoms with Gasteiger partial charge in [0.25, 0.3) is 0 Å². The van der Waals surface area contributed by atoms with Gasteiger partial charge >= 0.3 is 11.9 Å². The number of allylic oxidation sites excluding steroid dienone is 2. The Balaban J connectivity index is 1.88. The highest BCUT2D eigenvalue weighted by Crippen LogP contribution is 2.49. The van der Waals surface area contributed by atoms with E-state index in [1.54, 1.807) is 44.2 Å². The molecule has 0 unspecified atom stereocenters. The van der Waals surface area contributed by atoms with Crippen LogP contribution in [0.3, 0.4) is 0 Å². The van der Waals surface area contributed by atoms with Crippen molar-refractivity contribution in [3.8, 4) is 5.75 Å². The Morgan fingerprint density at radius 3 is 2.55 bits per heavy atom. The molecular weight excluding hydrogens is 490 g/mol. The third-order valence-electron chi connectivity index (χ3n) is 5.59. The highest BCUT2D eigenvalue weighted by atomic mass is 79.9. The summed E-state index contributed by atoms with van der Waals surface area (Å²) in [5.74, 6) is -1.65. The second kappa shape index (κ2) is 9.23. The number of halogens is 1. The number of fused-ring (bicyclic) bond motifs is 2. The SMILES string of the molecule is CCOC(=O)COc1ccc(Br)cc1[C@H]1C(C(=O)OC)=C(C)NC2=C1C(=O)c1ccccc12. The van der Waals surface area contributed by atoms with Crippen molar-refractivity contribution >= 4 is 39.3 Å². The lowest BCUT2D eigenvalue weighted by Crippen LogP contribution is -2.29. The van der Waals surface area contributed by atoms with Gasteiger partial charge in [-0.25, -0.2) is 9.59 Å². The molecule has 1 aliphatic heterocycles. The molecule has 1 aliphatic carbocycles. The zero-order chi connectivity index (χ0) is 23.7. The van der Waals surface area contributed by atoms with Gasteiger partial charge in [-0.15, -0.1) is 0 Å². The van der Waals surface area contributed by atoms with Gasteiger partial charge in [0.2, 0.25) is 0 Å². The van der Waals surface area contributed by atoms with Crippen LogP contribution in [-0.4, -0.2) is 38.0 Å². The van der Waals surface area contributed by atoms with E-state index < -0.39 is 17.9 Å². The predicted octanol–water partition coefficient (Wildman–Crippen LogP) is 4.13. The molecule has 1 atom stereocenters. The third kappa shape index (κ3) is 4.06. The van der Waals surface area contributed by atoms with E-state index in [1.165, 1.54) is 7.11 Å². The number of hydrogen-bond donors (Lipinski definition) is 1. The first-order valence-electron chi connectivity index (χ1n) is 10.4. The molecule has 4 rings (SSSR count). The normalized spacial score (nSPS) is 16.7. The van der Waals surface area contributed by atoms with Crippen molar-refractivity contribution in [2.75, 3.05) is 20.3 Å². The molecule has 2 aromatic carbocycles. The monoisotopic (exact) mass is 511 g/mol. The second-order valence-electron chi connectivity index (χ2n) is 7.53. The largest absolute Gasteiger partial charge is 0.482 e. The molecule has 0 bridgehead atoms. The lowest BCUT2D eigenvalue weighted by Gasteiger charge is -2.30. The van der Waals surface area contributed by atoms with Crippen molar-refractivity contribution in [1.29, 1.82) is 0 Å². The number of hydrogen-bond acceptors (Lipinski definition) is 7. The minimum absolute atomic E-state index is 0.177. The molecule has 1 heterocycles. The van der Waals surface area contributed by atoms with E-state index >= 15 is 0 Å². The van der Waals surface area contributed by atoms with E-state index in [2.05, 4.69) is 21.2 Å². The van der Waals surface area contributed by atoms with Gasteiger partial charge in [-0.2, -0.15) is 0 Å². The molecule has 1 N–H and O–H groups in total. The summed E-state index contributed by atoms with van der Waals surface area (Å²) in [5, 5.41) is 3.24. The molecule has 170 valence electrons. The van der Waals surface area contributed by atoms with Gasteiger partial charge in [-0.3, -0.25) is 4.79 Å². The van der Waals surface area contributed by atoms with Gasteiger partial charge in [0, 0.05) is 32.4 Å². The number of nitrogens with one attached hydrogen (secondary N) is 1. The zero-order valence-corrected chi connectivity index (χ0v) is 19.9. The van der Waals surface area contributed by atoms with Crippen molar-refractivity contribution in [3.63, 3.8) is 0 Å². The van der Waals surface area contributed by atoms with Crippen LogP contribution in [0.15, 0.2) is 63.8 Å². The number of ketones is 1. The lowest BCUT2D eigenvalue weighted by molar-refractivity contribution is -0.145. The summed E-state index contributed by atoms with van der Waals surface area (Å²) >= 11 is 3.48. The topological polar surface area (TPSA) is 90.9 Å². The zero-order valence-electron chi connectivity index (χ0n) is 18.4. The molecule has 7 nitrogen and oxygen atoms in total. The maximum atomic E-state index is 13.5. The van der Waals surface area contributed by atoms with Crippen LogP contribution in [-0.2, 0) is 19.1 Å². The molecular formula is C25H22BrNO6. The van der Waals surface area contributed by atoms with Crippen molar-refractivity contribution in [2.45, 2.75) is 19.8 Å². The van der Waals surface area contributed by atoms with Gasteiger partial charge in [0.15, 0.2) is 12.4 Å². The molecule has 0 saturated heterocycles. The Labute approximate surface area is 199 Å². The Morgan fingerprint density at radius 1 is 1.12 bits per heavy atom. The Morgan fingerprint density at radius 2 is 1.85 bits per heavy atom. The fraction of sp³-hybridized carbons (Fsp3) is 0.240. The maximum Gasteiger partial charge on any atom is 0.344 e. The molecule has 0 saturated carbocycles. The average Bonchev–Trinajstić information content (AvgIpc) is 3.09. The molecule has 0 spiro atoms. The van der Waals surface area contributed by atoms with E-state index in [0.717, 1.165) is 10.0 Å². The fourth-order valence-corrected chi connectivity index (χ4v) is 4.61. The molecule has 0 amide bonds. The maximum absolute atomic E-state index is 13.5. The smallest absolute Gasteiger partial charge is 0.344 e. The summed E-state index contributed by atoms with van der Waals surface area (Å²) in [6.07, 6.45) is 0. The average molecular weight is 512 g/mol. The van der Waals surface area contributed by atoms with Crippen molar-refractivity contribution in [1.82, 2.24) is 5.32 Å². The molecule has 8 heteroatoms. The number of esters is 2. The summed E-state index contributed by atoms with van der Waals surface area (Å²) in [4.78, 5) is 38.3. The van der Waals surface area contributed by atoms with Crippen molar-refractivity contribution in [3.05, 3.63) is 80.5 Å². The quantitative estimate of drug-likeness (QED) is 0.582. The van der Waals surface area contributed by atoms with Crippen LogP contribution < -0.4 is 10.1 Å². The lowest BCUT2D eigenvalue weighted by atomic mass is 9.79. The standard InChI is InChI=1S/C25H22BrNO6/c1-4-32-19(28)12-33-18-10-9-14(26)11-17(18)21-20(25(30)31-3)13(2)27-23-15-7-5-6-8-16(15)24(29)22(21)23/h5-11,21,27H,4,12H2,1-3H3/t21-/m0/s1. The number of rotatable bonds is 6. The molecule has 0 fully saturated rings.